The zero-order chi connectivity index (χ0) is 29.1. The van der Waals surface area contributed by atoms with E-state index in [2.05, 4.69) is 9.97 Å². The number of carbonyl (C=O) groups excluding carboxylic acids is 1. The van der Waals surface area contributed by atoms with Crippen molar-refractivity contribution in [2.24, 2.45) is 0 Å². The van der Waals surface area contributed by atoms with Gasteiger partial charge in [0.1, 0.15) is 17.3 Å². The minimum atomic E-state index is -3.74. The number of carbonyl (C=O) groups is 1. The Hall–Kier alpha value is -2.12. The molecule has 2 aromatic rings. The maximum Gasteiger partial charge on any atom is 0.253 e. The normalized spacial score (nSPS) is 31.4. The molecule has 1 aliphatic rings. The van der Waals surface area contributed by atoms with E-state index in [1.54, 1.807) is 0 Å². The molecule has 3 rings (SSSR count). The van der Waals surface area contributed by atoms with E-state index in [1.165, 1.54) is 6.92 Å². The van der Waals surface area contributed by atoms with E-state index in [9.17, 15) is 9.18 Å². The number of halogens is 3. The molecule has 1 saturated heterocycles. The number of aryl methyl sites for hydroxylation is 1. The number of nitrogens with one attached hydrogen (secondary N) is 1. The summed E-state index contributed by atoms with van der Waals surface area (Å²) in [4.78, 5) is 20.6. The van der Waals surface area contributed by atoms with Crippen molar-refractivity contribution < 1.29 is 27.3 Å². The molecule has 0 aliphatic carbocycles. The van der Waals surface area contributed by atoms with Gasteiger partial charge in [-0.1, -0.05) is 18.5 Å². The number of hydrogen-bond acceptors (Lipinski definition) is 4. The molecule has 150 valence electrons. The Morgan fingerprint density at radius 2 is 2.18 bits per heavy atom. The van der Waals surface area contributed by atoms with E-state index in [1.807, 2.05) is 5.32 Å². The fourth-order valence-corrected chi connectivity index (χ4v) is 2.41. The summed E-state index contributed by atoms with van der Waals surface area (Å²) >= 11 is 5.67. The number of alkyl halides is 1. The predicted octanol–water partition coefficient (Wildman–Crippen LogP) is 3.57. The van der Waals surface area contributed by atoms with Gasteiger partial charge in [0.05, 0.1) is 14.3 Å². The van der Waals surface area contributed by atoms with Crippen molar-refractivity contribution in [2.75, 3.05) is 19.6 Å². The standard InChI is InChI=1S/C20H23ClF2N4O/c1-2-14-10-25-18(26-11-14)12-24-13-20(23)5-7-27(8-6-20)19(28)15-3-4-17(22)16(21)9-15/h3-4,9-11,24H,2,5-8,12-13H2,1H3/i2D2,5D2,6D2,7D2,12D2. The summed E-state index contributed by atoms with van der Waals surface area (Å²) in [5.74, 6) is -2.73. The maximum atomic E-state index is 16.3. The molecule has 0 radical (unpaired) electrons. The lowest BCUT2D eigenvalue weighted by Crippen LogP contribution is -2.48. The first kappa shape index (κ1) is 11.2. The molecular formula is C20H23ClF2N4O. The zero-order valence-electron chi connectivity index (χ0n) is 24.7. The third-order valence-electron chi connectivity index (χ3n) is 3.79. The Morgan fingerprint density at radius 1 is 1.43 bits per heavy atom. The van der Waals surface area contributed by atoms with Gasteiger partial charge in [-0.2, -0.15) is 0 Å². The molecule has 0 spiro atoms. The maximum absolute atomic E-state index is 16.3. The van der Waals surface area contributed by atoms with Crippen LogP contribution in [0.1, 0.15) is 55.1 Å². The van der Waals surface area contributed by atoms with Crippen LogP contribution in [0.15, 0.2) is 30.6 Å². The summed E-state index contributed by atoms with van der Waals surface area (Å²) in [5, 5.41) is 1.52. The third-order valence-corrected chi connectivity index (χ3v) is 4.08. The molecule has 1 N–H and O–H groups in total. The topological polar surface area (TPSA) is 58.1 Å². The summed E-state index contributed by atoms with van der Waals surface area (Å²) in [6.45, 7) is -7.67. The quantitative estimate of drug-likeness (QED) is 0.779. The predicted molar refractivity (Wildman–Crippen MR) is 104 cm³/mol. The number of piperidine rings is 1. The van der Waals surface area contributed by atoms with Crippen LogP contribution < -0.4 is 5.32 Å². The van der Waals surface area contributed by atoms with Crippen LogP contribution in [0.5, 0.6) is 0 Å². The van der Waals surface area contributed by atoms with Crippen LogP contribution in [-0.2, 0) is 12.9 Å². The SMILES string of the molecule is [2H]C([2H])(C)c1cnc(C([2H])([2H])NCC2(F)C([2H])([2H])CN(C(=O)c3ccc(F)c(Cl)c3)C([2H])([2H])C2([2H])[2H])nc1. The van der Waals surface area contributed by atoms with E-state index < -0.39 is 73.4 Å². The first-order valence-electron chi connectivity index (χ1n) is 13.1. The van der Waals surface area contributed by atoms with Crippen LogP contribution in [-0.4, -0.2) is 46.0 Å². The second kappa shape index (κ2) is 8.92. The number of nitrogens with zero attached hydrogens (tertiary/aromatic N) is 3. The number of aromatic nitrogens is 2. The first-order chi connectivity index (χ1) is 17.1. The molecule has 8 heteroatoms. The highest BCUT2D eigenvalue weighted by atomic mass is 35.5. The Labute approximate surface area is 182 Å². The molecular weight excluding hydrogens is 386 g/mol. The molecule has 5 nitrogen and oxygen atoms in total. The largest absolute Gasteiger partial charge is 0.338 e. The monoisotopic (exact) mass is 418 g/mol. The molecule has 1 unspecified atom stereocenters. The zero-order valence-corrected chi connectivity index (χ0v) is 15.4. The van der Waals surface area contributed by atoms with Gasteiger partial charge in [-0.05, 0) is 30.1 Å². The van der Waals surface area contributed by atoms with E-state index >= 15 is 4.39 Å². The van der Waals surface area contributed by atoms with Gasteiger partial charge in [0.25, 0.3) is 5.91 Å². The minimum absolute atomic E-state index is 0.0272. The van der Waals surface area contributed by atoms with Gasteiger partial charge in [-0.3, -0.25) is 4.79 Å². The minimum Gasteiger partial charge on any atom is -0.338 e. The van der Waals surface area contributed by atoms with Gasteiger partial charge in [-0.25, -0.2) is 18.7 Å². The number of amides is 1. The van der Waals surface area contributed by atoms with Crippen LogP contribution in [0, 0.1) is 5.82 Å². The van der Waals surface area contributed by atoms with Crippen molar-refractivity contribution in [3.63, 3.8) is 0 Å². The fourth-order valence-electron chi connectivity index (χ4n) is 2.23. The van der Waals surface area contributed by atoms with E-state index in [0.29, 0.717) is 0 Å². The highest BCUT2D eigenvalue weighted by molar-refractivity contribution is 6.31. The van der Waals surface area contributed by atoms with Gasteiger partial charge >= 0.3 is 0 Å². The lowest BCUT2D eigenvalue weighted by Gasteiger charge is -2.36. The van der Waals surface area contributed by atoms with Crippen molar-refractivity contribution >= 4 is 17.5 Å². The number of hydrogen-bond donors (Lipinski definition) is 1. The summed E-state index contributed by atoms with van der Waals surface area (Å²) in [7, 11) is 0. The highest BCUT2D eigenvalue weighted by Gasteiger charge is 2.36. The van der Waals surface area contributed by atoms with Gasteiger partial charge in [0.15, 0.2) is 0 Å². The van der Waals surface area contributed by atoms with Crippen LogP contribution in [0.25, 0.3) is 0 Å². The van der Waals surface area contributed by atoms with Crippen molar-refractivity contribution in [2.45, 2.75) is 38.2 Å². The van der Waals surface area contributed by atoms with Gasteiger partial charge in [0, 0.05) is 61.3 Å². The Morgan fingerprint density at radius 3 is 2.86 bits per heavy atom. The van der Waals surface area contributed by atoms with Crippen molar-refractivity contribution in [1.29, 1.82) is 0 Å². The van der Waals surface area contributed by atoms with E-state index in [4.69, 9.17) is 25.3 Å². The summed E-state index contributed by atoms with van der Waals surface area (Å²) in [5.41, 5.74) is -4.08. The van der Waals surface area contributed by atoms with Gasteiger partial charge < -0.3 is 10.2 Å². The summed E-state index contributed by atoms with van der Waals surface area (Å²) < 4.78 is 111. The van der Waals surface area contributed by atoms with Crippen LogP contribution in [0.2, 0.25) is 5.02 Å². The van der Waals surface area contributed by atoms with Crippen molar-refractivity contribution in [3.05, 3.63) is 58.4 Å². The highest BCUT2D eigenvalue weighted by Crippen LogP contribution is 2.27. The Balaban J connectivity index is 1.92. The summed E-state index contributed by atoms with van der Waals surface area (Å²) in [6, 6.07) is 2.60. The van der Waals surface area contributed by atoms with Crippen molar-refractivity contribution in [3.8, 4) is 0 Å². The molecule has 0 saturated carbocycles. The molecule has 0 bridgehead atoms. The second-order valence-corrected chi connectivity index (χ2v) is 6.17. The molecule has 28 heavy (non-hydrogen) atoms. The number of rotatable bonds is 6. The molecule has 1 fully saturated rings. The molecule has 1 aliphatic heterocycles. The average Bonchev–Trinajstić information content (AvgIpc) is 2.80. The lowest BCUT2D eigenvalue weighted by atomic mass is 9.92. The second-order valence-electron chi connectivity index (χ2n) is 5.76. The molecule has 1 atom stereocenters. The fraction of sp³-hybridized carbons (Fsp3) is 0.450. The van der Waals surface area contributed by atoms with E-state index in [-0.39, 0.29) is 16.0 Å². The van der Waals surface area contributed by atoms with Gasteiger partial charge in [0.2, 0.25) is 0 Å². The lowest BCUT2D eigenvalue weighted by molar-refractivity contribution is 0.0434. The van der Waals surface area contributed by atoms with Crippen molar-refractivity contribution in [1.82, 2.24) is 20.2 Å². The number of likely N-dealkylation sites (tertiary alicyclic amines) is 1. The third kappa shape index (κ3) is 5.02. The molecule has 2 heterocycles. The smallest absolute Gasteiger partial charge is 0.253 e. The van der Waals surface area contributed by atoms with Gasteiger partial charge in [-0.15, -0.1) is 0 Å². The van der Waals surface area contributed by atoms with Crippen LogP contribution >= 0.6 is 11.6 Å². The Bertz CT molecular complexity index is 1230. The average molecular weight is 419 g/mol. The molecule has 1 aromatic heterocycles. The molecule has 1 amide bonds. The van der Waals surface area contributed by atoms with Crippen LogP contribution in [0.4, 0.5) is 8.78 Å². The van der Waals surface area contributed by atoms with Crippen LogP contribution in [0.3, 0.4) is 0 Å². The molecule has 1 aromatic carbocycles. The summed E-state index contributed by atoms with van der Waals surface area (Å²) in [6.07, 6.45) is -6.81. The first-order valence-corrected chi connectivity index (χ1v) is 8.50. The Kier molecular flexibility index (Phi) is 3.56. The van der Waals surface area contributed by atoms with E-state index in [0.717, 1.165) is 30.6 Å². The number of benzene rings is 1.